The van der Waals surface area contributed by atoms with Crippen molar-refractivity contribution in [3.8, 4) is 5.75 Å². The maximum absolute atomic E-state index is 11.0. The third-order valence-corrected chi connectivity index (χ3v) is 2.57. The van der Waals surface area contributed by atoms with Crippen LogP contribution in [0.5, 0.6) is 5.75 Å². The first-order valence-electron chi connectivity index (χ1n) is 4.60. The molecule has 0 heterocycles. The van der Waals surface area contributed by atoms with Crippen molar-refractivity contribution in [1.29, 1.82) is 0 Å². The molecular weight excluding hydrogens is 194 g/mol. The molecule has 0 radical (unpaired) electrons. The number of carbonyl (C=O) groups excluding carboxylic acids is 1. The van der Waals surface area contributed by atoms with Crippen molar-refractivity contribution in [1.82, 2.24) is 0 Å². The molecule has 15 heavy (non-hydrogen) atoms. The van der Waals surface area contributed by atoms with Crippen LogP contribution >= 0.6 is 0 Å². The molecule has 0 saturated heterocycles. The number of ether oxygens (including phenoxy) is 1. The first-order valence-corrected chi connectivity index (χ1v) is 4.60. The first-order chi connectivity index (χ1) is 7.04. The van der Waals surface area contributed by atoms with Crippen LogP contribution in [-0.4, -0.2) is 19.6 Å². The van der Waals surface area contributed by atoms with Crippen LogP contribution in [0.4, 0.5) is 0 Å². The molecule has 0 amide bonds. The lowest BCUT2D eigenvalue weighted by Crippen LogP contribution is -2.48. The van der Waals surface area contributed by atoms with Gasteiger partial charge in [-0.2, -0.15) is 0 Å². The predicted octanol–water partition coefficient (Wildman–Crippen LogP) is -0.338. The second kappa shape index (κ2) is 4.31. The Morgan fingerprint density at radius 1 is 1.60 bits per heavy atom. The molecule has 1 aromatic carbocycles. The molecule has 4 nitrogen and oxygen atoms in total. The highest BCUT2D eigenvalue weighted by atomic mass is 16.5. The van der Waals surface area contributed by atoms with Gasteiger partial charge in [-0.05, 0) is 24.6 Å². The molecule has 1 aromatic rings. The molecule has 1 unspecified atom stereocenters. The topological polar surface area (TPSA) is 75.4 Å². The lowest BCUT2D eigenvalue weighted by Gasteiger charge is -2.29. The Bertz CT molecular complexity index is 365. The summed E-state index contributed by atoms with van der Waals surface area (Å²) in [4.78, 5) is 11.0. The van der Waals surface area contributed by atoms with Crippen molar-refractivity contribution in [3.05, 3.63) is 29.8 Å². The predicted molar refractivity (Wildman–Crippen MR) is 54.4 cm³/mol. The summed E-state index contributed by atoms with van der Waals surface area (Å²) in [5.74, 6) is -0.577. The fourth-order valence-corrected chi connectivity index (χ4v) is 1.29. The summed E-state index contributed by atoms with van der Waals surface area (Å²) < 4.78 is 5.02. The molecular formula is C11H14NO3-. The first kappa shape index (κ1) is 11.5. The lowest BCUT2D eigenvalue weighted by molar-refractivity contribution is -0.312. The number of carboxylic acids is 1. The summed E-state index contributed by atoms with van der Waals surface area (Å²) in [6, 6.07) is 6.83. The normalized spacial score (nSPS) is 14.3. The van der Waals surface area contributed by atoms with E-state index in [1.807, 2.05) is 0 Å². The van der Waals surface area contributed by atoms with E-state index in [0.717, 1.165) is 0 Å². The number of methoxy groups -OCH3 is 1. The summed E-state index contributed by atoms with van der Waals surface area (Å²) >= 11 is 0. The Morgan fingerprint density at radius 2 is 2.27 bits per heavy atom. The highest BCUT2D eigenvalue weighted by molar-refractivity contribution is 5.79. The number of rotatable bonds is 4. The van der Waals surface area contributed by atoms with Gasteiger partial charge in [0.05, 0.1) is 13.1 Å². The number of aliphatic carboxylic acids is 1. The van der Waals surface area contributed by atoms with E-state index in [-0.39, 0.29) is 6.54 Å². The molecule has 0 saturated carbocycles. The second-order valence-electron chi connectivity index (χ2n) is 3.56. The van der Waals surface area contributed by atoms with Crippen molar-refractivity contribution in [2.75, 3.05) is 13.7 Å². The molecule has 0 aliphatic carbocycles. The minimum absolute atomic E-state index is 0.0114. The zero-order chi connectivity index (χ0) is 11.5. The monoisotopic (exact) mass is 208 g/mol. The fourth-order valence-electron chi connectivity index (χ4n) is 1.29. The van der Waals surface area contributed by atoms with Crippen LogP contribution in [-0.2, 0) is 10.2 Å². The SMILES string of the molecule is COc1cccc(C(C)(CN)C(=O)[O-])c1. The van der Waals surface area contributed by atoms with E-state index < -0.39 is 11.4 Å². The van der Waals surface area contributed by atoms with Crippen LogP contribution < -0.4 is 15.6 Å². The third kappa shape index (κ3) is 2.10. The van der Waals surface area contributed by atoms with E-state index in [4.69, 9.17) is 10.5 Å². The molecule has 0 aromatic heterocycles. The van der Waals surface area contributed by atoms with Gasteiger partial charge in [0.15, 0.2) is 0 Å². The van der Waals surface area contributed by atoms with E-state index in [1.165, 1.54) is 14.0 Å². The number of hydrogen-bond donors (Lipinski definition) is 1. The Kier molecular flexibility index (Phi) is 3.31. The lowest BCUT2D eigenvalue weighted by atomic mass is 9.82. The molecule has 1 atom stereocenters. The van der Waals surface area contributed by atoms with E-state index in [0.29, 0.717) is 11.3 Å². The number of carboxylic acid groups (broad SMARTS) is 1. The van der Waals surface area contributed by atoms with Gasteiger partial charge in [-0.3, -0.25) is 0 Å². The molecule has 0 spiro atoms. The maximum atomic E-state index is 11.0. The molecule has 4 heteroatoms. The summed E-state index contributed by atoms with van der Waals surface area (Å²) in [7, 11) is 1.53. The van der Waals surface area contributed by atoms with Crippen LogP contribution in [0.2, 0.25) is 0 Å². The number of carbonyl (C=O) groups is 1. The summed E-state index contributed by atoms with van der Waals surface area (Å²) in [6.07, 6.45) is 0. The smallest absolute Gasteiger partial charge is 0.119 e. The molecule has 0 aliphatic heterocycles. The maximum Gasteiger partial charge on any atom is 0.119 e. The highest BCUT2D eigenvalue weighted by Crippen LogP contribution is 2.25. The second-order valence-corrected chi connectivity index (χ2v) is 3.56. The zero-order valence-electron chi connectivity index (χ0n) is 8.82. The van der Waals surface area contributed by atoms with Gasteiger partial charge in [-0.1, -0.05) is 12.1 Å². The number of hydrogen-bond acceptors (Lipinski definition) is 4. The van der Waals surface area contributed by atoms with Gasteiger partial charge in [-0.25, -0.2) is 0 Å². The highest BCUT2D eigenvalue weighted by Gasteiger charge is 2.26. The van der Waals surface area contributed by atoms with Gasteiger partial charge in [0.25, 0.3) is 0 Å². The van der Waals surface area contributed by atoms with Crippen molar-refractivity contribution < 1.29 is 14.6 Å². The van der Waals surface area contributed by atoms with Crippen molar-refractivity contribution in [2.45, 2.75) is 12.3 Å². The minimum atomic E-state index is -1.18. The minimum Gasteiger partial charge on any atom is -0.549 e. The summed E-state index contributed by atoms with van der Waals surface area (Å²) in [5, 5.41) is 11.0. The van der Waals surface area contributed by atoms with Gasteiger partial charge < -0.3 is 20.4 Å². The Hall–Kier alpha value is -1.55. The number of nitrogens with two attached hydrogens (primary N) is 1. The van der Waals surface area contributed by atoms with Crippen molar-refractivity contribution >= 4 is 5.97 Å². The molecule has 0 fully saturated rings. The van der Waals surface area contributed by atoms with Crippen LogP contribution in [0.1, 0.15) is 12.5 Å². The van der Waals surface area contributed by atoms with Gasteiger partial charge in [0.2, 0.25) is 0 Å². The Balaban J connectivity index is 3.18. The molecule has 0 aliphatic rings. The van der Waals surface area contributed by atoms with E-state index in [1.54, 1.807) is 24.3 Å². The zero-order valence-corrected chi connectivity index (χ0v) is 8.82. The summed E-state index contributed by atoms with van der Waals surface area (Å²) in [5.41, 5.74) is 4.89. The molecule has 0 bridgehead atoms. The van der Waals surface area contributed by atoms with Crippen LogP contribution in [0, 0.1) is 0 Å². The van der Waals surface area contributed by atoms with Gasteiger partial charge >= 0.3 is 0 Å². The standard InChI is InChI=1S/C11H15NO3/c1-11(7-12,10(13)14)8-4-3-5-9(6-8)15-2/h3-6H,7,12H2,1-2H3,(H,13,14)/p-1. The van der Waals surface area contributed by atoms with Gasteiger partial charge in [-0.15, -0.1) is 0 Å². The average Bonchev–Trinajstić information content (AvgIpc) is 2.27. The quantitative estimate of drug-likeness (QED) is 0.734. The van der Waals surface area contributed by atoms with Crippen LogP contribution in [0.15, 0.2) is 24.3 Å². The Morgan fingerprint density at radius 3 is 2.73 bits per heavy atom. The van der Waals surface area contributed by atoms with Crippen molar-refractivity contribution in [3.63, 3.8) is 0 Å². The van der Waals surface area contributed by atoms with E-state index in [9.17, 15) is 9.90 Å². The summed E-state index contributed by atoms with van der Waals surface area (Å²) in [6.45, 7) is 1.53. The molecule has 2 N–H and O–H groups in total. The Labute approximate surface area is 88.7 Å². The van der Waals surface area contributed by atoms with Crippen LogP contribution in [0.25, 0.3) is 0 Å². The average molecular weight is 208 g/mol. The number of benzene rings is 1. The van der Waals surface area contributed by atoms with Crippen molar-refractivity contribution in [2.24, 2.45) is 5.73 Å². The molecule has 1 rings (SSSR count). The third-order valence-electron chi connectivity index (χ3n) is 2.57. The van der Waals surface area contributed by atoms with E-state index >= 15 is 0 Å². The van der Waals surface area contributed by atoms with Crippen LogP contribution in [0.3, 0.4) is 0 Å². The van der Waals surface area contributed by atoms with E-state index in [2.05, 4.69) is 0 Å². The van der Waals surface area contributed by atoms with Gasteiger partial charge in [0, 0.05) is 12.0 Å². The largest absolute Gasteiger partial charge is 0.549 e. The molecule has 82 valence electrons. The van der Waals surface area contributed by atoms with Gasteiger partial charge in [0.1, 0.15) is 5.75 Å². The fraction of sp³-hybridized carbons (Fsp3) is 0.364.